The molecule has 5 heteroatoms. The van der Waals surface area contributed by atoms with Gasteiger partial charge >= 0.3 is 5.97 Å². The van der Waals surface area contributed by atoms with E-state index in [9.17, 15) is 14.7 Å². The minimum atomic E-state index is -0.879. The van der Waals surface area contributed by atoms with Crippen LogP contribution in [0.4, 0.5) is 0 Å². The second kappa shape index (κ2) is 6.73. The zero-order chi connectivity index (χ0) is 13.7. The van der Waals surface area contributed by atoms with E-state index >= 15 is 0 Å². The minimum Gasteiger partial charge on any atom is -0.481 e. The quantitative estimate of drug-likeness (QED) is 0.777. The van der Waals surface area contributed by atoms with Gasteiger partial charge in [0.25, 0.3) is 0 Å². The first-order chi connectivity index (χ1) is 8.41. The number of carbonyl (C=O) groups excluding carboxylic acids is 1. The number of likely N-dealkylation sites (N-methyl/N-ethyl adjacent to an activating group) is 1. The number of nitrogens with zero attached hydrogens (tertiary/aromatic N) is 1. The predicted molar refractivity (Wildman–Crippen MR) is 67.1 cm³/mol. The Morgan fingerprint density at radius 3 is 2.44 bits per heavy atom. The molecule has 0 aliphatic heterocycles. The predicted octanol–water partition coefficient (Wildman–Crippen LogP) is 1.25. The van der Waals surface area contributed by atoms with Crippen molar-refractivity contribution in [3.05, 3.63) is 0 Å². The van der Waals surface area contributed by atoms with E-state index in [4.69, 9.17) is 5.11 Å². The third-order valence-electron chi connectivity index (χ3n) is 3.63. The highest BCUT2D eigenvalue weighted by Crippen LogP contribution is 2.23. The number of hydrogen-bond donors (Lipinski definition) is 2. The second-order valence-corrected chi connectivity index (χ2v) is 5.33. The Morgan fingerprint density at radius 2 is 1.89 bits per heavy atom. The molecule has 1 fully saturated rings. The summed E-state index contributed by atoms with van der Waals surface area (Å²) in [6.45, 7) is 1.76. The van der Waals surface area contributed by atoms with Gasteiger partial charge in [-0.2, -0.15) is 0 Å². The van der Waals surface area contributed by atoms with Crippen LogP contribution < -0.4 is 0 Å². The van der Waals surface area contributed by atoms with Crippen LogP contribution >= 0.6 is 0 Å². The molecular formula is C13H23NO4. The van der Waals surface area contributed by atoms with E-state index in [1.165, 1.54) is 0 Å². The van der Waals surface area contributed by atoms with Crippen molar-refractivity contribution in [2.75, 3.05) is 7.05 Å². The molecule has 0 aromatic rings. The molecule has 0 saturated heterocycles. The van der Waals surface area contributed by atoms with E-state index in [1.54, 1.807) is 18.9 Å². The fourth-order valence-corrected chi connectivity index (χ4v) is 2.54. The first kappa shape index (κ1) is 15.0. The van der Waals surface area contributed by atoms with Gasteiger partial charge in [-0.3, -0.25) is 9.59 Å². The lowest BCUT2D eigenvalue weighted by atomic mass is 9.91. The van der Waals surface area contributed by atoms with Crippen molar-refractivity contribution in [1.82, 2.24) is 4.90 Å². The first-order valence-corrected chi connectivity index (χ1v) is 6.57. The fourth-order valence-electron chi connectivity index (χ4n) is 2.54. The Kier molecular flexibility index (Phi) is 5.59. The van der Waals surface area contributed by atoms with Crippen molar-refractivity contribution < 1.29 is 19.8 Å². The summed E-state index contributed by atoms with van der Waals surface area (Å²) in [6.07, 6.45) is 3.41. The van der Waals surface area contributed by atoms with Crippen LogP contribution in [0, 0.1) is 5.92 Å². The highest BCUT2D eigenvalue weighted by molar-refractivity contribution is 5.77. The van der Waals surface area contributed by atoms with Gasteiger partial charge in [-0.05, 0) is 18.8 Å². The SMILES string of the molecule is CC(CC(=O)O)CC(=O)N(C)C1CCCCC1O. The third-order valence-corrected chi connectivity index (χ3v) is 3.63. The molecule has 0 bridgehead atoms. The molecule has 0 aromatic heterocycles. The van der Waals surface area contributed by atoms with Gasteiger partial charge in [-0.1, -0.05) is 19.8 Å². The number of amides is 1. The molecule has 0 radical (unpaired) electrons. The molecule has 1 aliphatic carbocycles. The highest BCUT2D eigenvalue weighted by atomic mass is 16.4. The van der Waals surface area contributed by atoms with Crippen LogP contribution in [0.25, 0.3) is 0 Å². The molecule has 1 saturated carbocycles. The lowest BCUT2D eigenvalue weighted by molar-refractivity contribution is -0.139. The molecule has 18 heavy (non-hydrogen) atoms. The summed E-state index contributed by atoms with van der Waals surface area (Å²) in [6, 6.07) is -0.108. The van der Waals surface area contributed by atoms with Crippen molar-refractivity contribution in [3.8, 4) is 0 Å². The molecular weight excluding hydrogens is 234 g/mol. The van der Waals surface area contributed by atoms with Crippen LogP contribution in [0.1, 0.15) is 45.4 Å². The van der Waals surface area contributed by atoms with Crippen molar-refractivity contribution in [2.45, 2.75) is 57.6 Å². The first-order valence-electron chi connectivity index (χ1n) is 6.57. The lowest BCUT2D eigenvalue weighted by Crippen LogP contribution is -2.46. The standard InChI is InChI=1S/C13H23NO4/c1-9(8-13(17)18)7-12(16)14(2)10-5-3-4-6-11(10)15/h9-11,15H,3-8H2,1-2H3,(H,17,18). The van der Waals surface area contributed by atoms with Gasteiger partial charge in [-0.15, -0.1) is 0 Å². The number of carbonyl (C=O) groups is 2. The summed E-state index contributed by atoms with van der Waals surface area (Å²) < 4.78 is 0. The number of hydrogen-bond acceptors (Lipinski definition) is 3. The average Bonchev–Trinajstić information content (AvgIpc) is 2.27. The maximum Gasteiger partial charge on any atom is 0.303 e. The average molecular weight is 257 g/mol. The molecule has 5 nitrogen and oxygen atoms in total. The molecule has 2 N–H and O–H groups in total. The van der Waals surface area contributed by atoms with Gasteiger partial charge in [0, 0.05) is 19.9 Å². The van der Waals surface area contributed by atoms with E-state index in [1.807, 2.05) is 0 Å². The lowest BCUT2D eigenvalue weighted by Gasteiger charge is -2.35. The van der Waals surface area contributed by atoms with Crippen LogP contribution in [0.15, 0.2) is 0 Å². The van der Waals surface area contributed by atoms with Crippen molar-refractivity contribution >= 4 is 11.9 Å². The Hall–Kier alpha value is -1.10. The summed E-state index contributed by atoms with van der Waals surface area (Å²) in [4.78, 5) is 24.2. The van der Waals surface area contributed by atoms with E-state index in [0.717, 1.165) is 25.7 Å². The van der Waals surface area contributed by atoms with E-state index in [0.29, 0.717) is 0 Å². The molecule has 1 rings (SSSR count). The fraction of sp³-hybridized carbons (Fsp3) is 0.846. The van der Waals surface area contributed by atoms with Crippen LogP contribution in [0.3, 0.4) is 0 Å². The van der Waals surface area contributed by atoms with Gasteiger partial charge in [0.2, 0.25) is 5.91 Å². The van der Waals surface area contributed by atoms with E-state index in [2.05, 4.69) is 0 Å². The molecule has 104 valence electrons. The van der Waals surface area contributed by atoms with Gasteiger partial charge in [0.05, 0.1) is 12.1 Å². The summed E-state index contributed by atoms with van der Waals surface area (Å²) >= 11 is 0. The second-order valence-electron chi connectivity index (χ2n) is 5.33. The number of aliphatic carboxylic acids is 1. The van der Waals surface area contributed by atoms with Crippen molar-refractivity contribution in [2.24, 2.45) is 5.92 Å². The van der Waals surface area contributed by atoms with Crippen molar-refractivity contribution in [1.29, 1.82) is 0 Å². The normalized spacial score (nSPS) is 25.5. The Balaban J connectivity index is 2.47. The Labute approximate surface area is 108 Å². The molecule has 3 unspecified atom stereocenters. The van der Waals surface area contributed by atoms with Gasteiger partial charge in [0.15, 0.2) is 0 Å². The summed E-state index contributed by atoms with van der Waals surface area (Å²) in [5.74, 6) is -1.12. The molecule has 1 aliphatic rings. The van der Waals surface area contributed by atoms with Gasteiger partial charge in [0.1, 0.15) is 0 Å². The summed E-state index contributed by atoms with van der Waals surface area (Å²) in [7, 11) is 1.70. The topological polar surface area (TPSA) is 77.8 Å². The zero-order valence-corrected chi connectivity index (χ0v) is 11.1. The van der Waals surface area contributed by atoms with E-state index < -0.39 is 12.1 Å². The van der Waals surface area contributed by atoms with Crippen LogP contribution in [0.2, 0.25) is 0 Å². The number of rotatable bonds is 5. The number of aliphatic hydroxyl groups excluding tert-OH is 1. The molecule has 0 aromatic carbocycles. The Morgan fingerprint density at radius 1 is 1.28 bits per heavy atom. The number of carboxylic acids is 1. The molecule has 3 atom stereocenters. The van der Waals surface area contributed by atoms with Crippen LogP contribution in [-0.2, 0) is 9.59 Å². The van der Waals surface area contributed by atoms with Crippen LogP contribution in [0.5, 0.6) is 0 Å². The highest BCUT2D eigenvalue weighted by Gasteiger charge is 2.29. The zero-order valence-electron chi connectivity index (χ0n) is 11.1. The monoisotopic (exact) mass is 257 g/mol. The summed E-state index contributed by atoms with van der Waals surface area (Å²) in [5, 5.41) is 18.5. The Bertz CT molecular complexity index is 305. The molecule has 0 spiro atoms. The number of aliphatic hydroxyl groups is 1. The van der Waals surface area contributed by atoms with Crippen LogP contribution in [-0.4, -0.2) is 46.2 Å². The summed E-state index contributed by atoms with van der Waals surface area (Å²) in [5.41, 5.74) is 0. The maximum atomic E-state index is 12.0. The molecule has 1 amide bonds. The van der Waals surface area contributed by atoms with Gasteiger partial charge in [-0.25, -0.2) is 0 Å². The minimum absolute atomic E-state index is 0.00675. The largest absolute Gasteiger partial charge is 0.481 e. The van der Waals surface area contributed by atoms with E-state index in [-0.39, 0.29) is 30.7 Å². The van der Waals surface area contributed by atoms with Gasteiger partial charge < -0.3 is 15.1 Å². The third kappa shape index (κ3) is 4.29. The smallest absolute Gasteiger partial charge is 0.303 e. The van der Waals surface area contributed by atoms with Crippen molar-refractivity contribution in [3.63, 3.8) is 0 Å². The maximum absolute atomic E-state index is 12.0. The molecule has 0 heterocycles. The number of carboxylic acid groups (broad SMARTS) is 1.